The number of thioether (sulfide) groups is 1. The number of nitrogens with zero attached hydrogens (tertiary/aromatic N) is 6. The van der Waals surface area contributed by atoms with Crippen molar-refractivity contribution in [3.8, 4) is 0 Å². The number of carbonyl (C=O) groups excluding carboxylic acids is 2. The molecule has 1 unspecified atom stereocenters. The molecule has 1 aromatic carbocycles. The molecule has 3 aromatic rings. The average molecular weight is 466 g/mol. The lowest BCUT2D eigenvalue weighted by Crippen LogP contribution is -2.49. The van der Waals surface area contributed by atoms with Crippen molar-refractivity contribution in [3.63, 3.8) is 0 Å². The normalized spacial score (nSPS) is 19.3. The van der Waals surface area contributed by atoms with Crippen LogP contribution in [0.25, 0.3) is 5.65 Å². The van der Waals surface area contributed by atoms with Crippen molar-refractivity contribution >= 4 is 40.7 Å². The summed E-state index contributed by atoms with van der Waals surface area (Å²) in [5.41, 5.74) is 3.70. The van der Waals surface area contributed by atoms with Crippen molar-refractivity contribution in [1.29, 1.82) is 0 Å². The number of rotatable bonds is 4. The summed E-state index contributed by atoms with van der Waals surface area (Å²) in [7, 11) is 0. The van der Waals surface area contributed by atoms with Gasteiger partial charge in [-0.2, -0.15) is 4.52 Å². The number of piperidine rings is 1. The van der Waals surface area contributed by atoms with E-state index in [1.807, 2.05) is 44.2 Å². The molecular formula is C23H27N7O2S. The average Bonchev–Trinajstić information content (AvgIpc) is 3.50. The van der Waals surface area contributed by atoms with Crippen molar-refractivity contribution < 1.29 is 9.59 Å². The summed E-state index contributed by atoms with van der Waals surface area (Å²) in [5.74, 6) is 1.96. The zero-order chi connectivity index (χ0) is 22.9. The van der Waals surface area contributed by atoms with Crippen LogP contribution in [0.2, 0.25) is 0 Å². The maximum Gasteiger partial charge on any atom is 0.248 e. The zero-order valence-corrected chi connectivity index (χ0v) is 19.6. The Kier molecular flexibility index (Phi) is 5.92. The third kappa shape index (κ3) is 4.39. The molecule has 2 aliphatic rings. The highest BCUT2D eigenvalue weighted by atomic mass is 32.2. The van der Waals surface area contributed by atoms with Crippen molar-refractivity contribution in [1.82, 2.24) is 24.7 Å². The van der Waals surface area contributed by atoms with Gasteiger partial charge in [0.2, 0.25) is 11.8 Å². The van der Waals surface area contributed by atoms with Gasteiger partial charge in [-0.05, 0) is 50.5 Å². The summed E-state index contributed by atoms with van der Waals surface area (Å²) in [4.78, 5) is 30.3. The third-order valence-electron chi connectivity index (χ3n) is 6.42. The first-order valence-electron chi connectivity index (χ1n) is 11.2. The lowest BCUT2D eigenvalue weighted by atomic mass is 9.95. The molecule has 0 saturated carbocycles. The van der Waals surface area contributed by atoms with E-state index in [1.54, 1.807) is 27.5 Å². The minimum absolute atomic E-state index is 0.0741. The van der Waals surface area contributed by atoms with E-state index in [2.05, 4.69) is 25.5 Å². The van der Waals surface area contributed by atoms with E-state index in [0.29, 0.717) is 17.3 Å². The Hall–Kier alpha value is -3.14. The second kappa shape index (κ2) is 9.01. The number of aromatic nitrogens is 4. The molecule has 2 aromatic heterocycles. The predicted molar refractivity (Wildman–Crippen MR) is 128 cm³/mol. The lowest BCUT2D eigenvalue weighted by molar-refractivity contribution is -0.140. The van der Waals surface area contributed by atoms with Gasteiger partial charge in [0, 0.05) is 30.4 Å². The van der Waals surface area contributed by atoms with Crippen LogP contribution in [0, 0.1) is 19.8 Å². The molecular weight excluding hydrogens is 438 g/mol. The van der Waals surface area contributed by atoms with Crippen molar-refractivity contribution in [2.24, 2.45) is 5.92 Å². The third-order valence-corrected chi connectivity index (χ3v) is 7.44. The van der Waals surface area contributed by atoms with Gasteiger partial charge in [-0.3, -0.25) is 9.59 Å². The van der Waals surface area contributed by atoms with Gasteiger partial charge in [0.25, 0.3) is 0 Å². The molecule has 2 aliphatic heterocycles. The maximum atomic E-state index is 13.3. The van der Waals surface area contributed by atoms with Crippen LogP contribution in [0.15, 0.2) is 36.7 Å². The van der Waals surface area contributed by atoms with Crippen molar-refractivity contribution in [2.45, 2.75) is 32.7 Å². The summed E-state index contributed by atoms with van der Waals surface area (Å²) >= 11 is 1.64. The molecule has 5 rings (SSSR count). The predicted octanol–water partition coefficient (Wildman–Crippen LogP) is 2.50. The van der Waals surface area contributed by atoms with Crippen LogP contribution < -0.4 is 10.2 Å². The fourth-order valence-corrected chi connectivity index (χ4v) is 5.69. The standard InChI is InChI=1S/C23H27N7O2S/c1-15-3-4-18(16(2)11-15)25-22(31)19-12-33-14-29(19)23(32)17-7-9-28(10-8-17)21-6-5-20-26-24-13-30(20)27-21/h3-6,11,13,17,19H,7-10,12,14H2,1-2H3,(H,25,31). The van der Waals surface area contributed by atoms with Crippen LogP contribution in [-0.2, 0) is 9.59 Å². The molecule has 0 radical (unpaired) electrons. The molecule has 10 heteroatoms. The number of hydrogen-bond donors (Lipinski definition) is 1. The highest BCUT2D eigenvalue weighted by Gasteiger charge is 2.38. The van der Waals surface area contributed by atoms with E-state index in [9.17, 15) is 9.59 Å². The molecule has 2 fully saturated rings. The minimum Gasteiger partial charge on any atom is -0.355 e. The van der Waals surface area contributed by atoms with Crippen LogP contribution >= 0.6 is 11.8 Å². The molecule has 1 N–H and O–H groups in total. The molecule has 172 valence electrons. The van der Waals surface area contributed by atoms with Gasteiger partial charge >= 0.3 is 0 Å². The quantitative estimate of drug-likeness (QED) is 0.632. The van der Waals surface area contributed by atoms with Gasteiger partial charge in [0.05, 0.1) is 5.88 Å². The minimum atomic E-state index is -0.431. The summed E-state index contributed by atoms with van der Waals surface area (Å²) in [6, 6.07) is 9.37. The van der Waals surface area contributed by atoms with Crippen LogP contribution in [0.5, 0.6) is 0 Å². The number of amides is 2. The Balaban J connectivity index is 1.21. The Morgan fingerprint density at radius 3 is 2.73 bits per heavy atom. The SMILES string of the molecule is Cc1ccc(NC(=O)C2CSCN2C(=O)C2CCN(c3ccc4nncn4n3)CC2)c(C)c1. The number of carbonyl (C=O) groups is 2. The van der Waals surface area contributed by atoms with Crippen LogP contribution in [0.1, 0.15) is 24.0 Å². The molecule has 1 atom stereocenters. The van der Waals surface area contributed by atoms with Gasteiger partial charge in [0.1, 0.15) is 18.2 Å². The second-order valence-corrected chi connectivity index (χ2v) is 9.72. The van der Waals surface area contributed by atoms with Gasteiger partial charge in [0.15, 0.2) is 5.65 Å². The van der Waals surface area contributed by atoms with Crippen LogP contribution in [0.4, 0.5) is 11.5 Å². The smallest absolute Gasteiger partial charge is 0.248 e. The highest BCUT2D eigenvalue weighted by molar-refractivity contribution is 7.99. The summed E-state index contributed by atoms with van der Waals surface area (Å²) in [6.45, 7) is 5.51. The Labute approximate surface area is 196 Å². The summed E-state index contributed by atoms with van der Waals surface area (Å²) in [6.07, 6.45) is 3.07. The Bertz CT molecular complexity index is 1190. The number of hydrogen-bond acceptors (Lipinski definition) is 7. The first-order chi connectivity index (χ1) is 16.0. The number of nitrogens with one attached hydrogen (secondary N) is 1. The molecule has 0 bridgehead atoms. The van der Waals surface area contributed by atoms with Gasteiger partial charge in [-0.1, -0.05) is 17.7 Å². The number of aryl methyl sites for hydroxylation is 2. The molecule has 4 heterocycles. The summed E-state index contributed by atoms with van der Waals surface area (Å²) < 4.78 is 1.66. The molecule has 2 saturated heterocycles. The summed E-state index contributed by atoms with van der Waals surface area (Å²) in [5, 5.41) is 15.5. The largest absolute Gasteiger partial charge is 0.355 e. The Morgan fingerprint density at radius 2 is 1.94 bits per heavy atom. The fourth-order valence-electron chi connectivity index (χ4n) is 4.52. The Morgan fingerprint density at radius 1 is 1.12 bits per heavy atom. The molecule has 2 amide bonds. The van der Waals surface area contributed by atoms with E-state index in [1.165, 1.54) is 0 Å². The molecule has 33 heavy (non-hydrogen) atoms. The molecule has 9 nitrogen and oxygen atoms in total. The first kappa shape index (κ1) is 21.7. The van der Waals surface area contributed by atoms with E-state index in [-0.39, 0.29) is 17.7 Å². The fraction of sp³-hybridized carbons (Fsp3) is 0.435. The van der Waals surface area contributed by atoms with E-state index < -0.39 is 6.04 Å². The number of anilines is 2. The first-order valence-corrected chi connectivity index (χ1v) is 12.3. The number of fused-ring (bicyclic) bond motifs is 1. The molecule has 0 aliphatic carbocycles. The van der Waals surface area contributed by atoms with E-state index in [0.717, 1.165) is 48.6 Å². The van der Waals surface area contributed by atoms with Crippen molar-refractivity contribution in [3.05, 3.63) is 47.8 Å². The van der Waals surface area contributed by atoms with E-state index >= 15 is 0 Å². The second-order valence-electron chi connectivity index (χ2n) is 8.72. The topological polar surface area (TPSA) is 95.7 Å². The lowest BCUT2D eigenvalue weighted by Gasteiger charge is -2.34. The van der Waals surface area contributed by atoms with Crippen LogP contribution in [0.3, 0.4) is 0 Å². The van der Waals surface area contributed by atoms with Gasteiger partial charge in [-0.25, -0.2) is 0 Å². The number of benzene rings is 1. The monoisotopic (exact) mass is 465 g/mol. The van der Waals surface area contributed by atoms with E-state index in [4.69, 9.17) is 0 Å². The van der Waals surface area contributed by atoms with Crippen LogP contribution in [-0.4, -0.2) is 67.3 Å². The maximum absolute atomic E-state index is 13.3. The van der Waals surface area contributed by atoms with Crippen molar-refractivity contribution in [2.75, 3.05) is 34.9 Å². The van der Waals surface area contributed by atoms with Gasteiger partial charge < -0.3 is 15.1 Å². The van der Waals surface area contributed by atoms with Gasteiger partial charge in [-0.15, -0.1) is 27.1 Å². The highest BCUT2D eigenvalue weighted by Crippen LogP contribution is 2.29. The zero-order valence-electron chi connectivity index (χ0n) is 18.8. The molecule has 0 spiro atoms.